The molecule has 4 rings (SSSR count). The molecule has 0 radical (unpaired) electrons. The van der Waals surface area contributed by atoms with Crippen LogP contribution < -0.4 is 10.6 Å². The highest BCUT2D eigenvalue weighted by Gasteiger charge is 2.14. The average Bonchev–Trinajstić information content (AvgIpc) is 3.15. The van der Waals surface area contributed by atoms with E-state index in [1.165, 1.54) is 11.8 Å². The number of aromatic nitrogens is 3. The van der Waals surface area contributed by atoms with Gasteiger partial charge in [-0.2, -0.15) is 0 Å². The lowest BCUT2D eigenvalue weighted by molar-refractivity contribution is -0.113. The van der Waals surface area contributed by atoms with E-state index >= 15 is 0 Å². The van der Waals surface area contributed by atoms with Crippen LogP contribution in [0.15, 0.2) is 71.9 Å². The maximum atomic E-state index is 12.4. The van der Waals surface area contributed by atoms with Crippen molar-refractivity contribution in [1.82, 2.24) is 20.1 Å². The second-order valence-electron chi connectivity index (χ2n) is 7.35. The number of thioether (sulfide) groups is 1. The van der Waals surface area contributed by atoms with E-state index in [0.717, 1.165) is 22.0 Å². The minimum absolute atomic E-state index is 0.123. The number of hydrogen-bond donors (Lipinski definition) is 2. The average molecular weight is 446 g/mol. The Morgan fingerprint density at radius 3 is 2.53 bits per heavy atom. The molecule has 0 bridgehead atoms. The molecule has 0 aliphatic rings. The summed E-state index contributed by atoms with van der Waals surface area (Å²) in [6.45, 7) is 2.15. The van der Waals surface area contributed by atoms with Crippen molar-refractivity contribution in [3.63, 3.8) is 0 Å². The van der Waals surface area contributed by atoms with Crippen molar-refractivity contribution >= 4 is 40.0 Å². The number of aryl methyl sites for hydroxylation is 1. The minimum Gasteiger partial charge on any atom is -0.345 e. The van der Waals surface area contributed by atoms with Gasteiger partial charge in [-0.15, -0.1) is 10.2 Å². The molecule has 3 aromatic carbocycles. The first kappa shape index (κ1) is 21.6. The van der Waals surface area contributed by atoms with Crippen molar-refractivity contribution < 1.29 is 9.59 Å². The Balaban J connectivity index is 1.31. The van der Waals surface area contributed by atoms with Crippen molar-refractivity contribution in [1.29, 1.82) is 0 Å². The zero-order chi connectivity index (χ0) is 22.5. The van der Waals surface area contributed by atoms with E-state index in [2.05, 4.69) is 20.8 Å². The van der Waals surface area contributed by atoms with Crippen molar-refractivity contribution in [2.24, 2.45) is 7.05 Å². The summed E-state index contributed by atoms with van der Waals surface area (Å²) in [5.74, 6) is 0.538. The van der Waals surface area contributed by atoms with Gasteiger partial charge in [0.1, 0.15) is 0 Å². The van der Waals surface area contributed by atoms with Gasteiger partial charge in [-0.1, -0.05) is 60.3 Å². The predicted octanol–water partition coefficient (Wildman–Crippen LogP) is 3.94. The van der Waals surface area contributed by atoms with Crippen LogP contribution in [0.25, 0.3) is 10.8 Å². The second kappa shape index (κ2) is 9.65. The van der Waals surface area contributed by atoms with Gasteiger partial charge in [0.15, 0.2) is 11.0 Å². The third-order valence-electron chi connectivity index (χ3n) is 5.09. The molecule has 1 heterocycles. The molecule has 0 saturated heterocycles. The zero-order valence-corrected chi connectivity index (χ0v) is 18.6. The molecular formula is C24H23N5O2S. The van der Waals surface area contributed by atoms with E-state index in [1.54, 1.807) is 10.6 Å². The third kappa shape index (κ3) is 4.97. The van der Waals surface area contributed by atoms with Crippen LogP contribution in [0.5, 0.6) is 0 Å². The van der Waals surface area contributed by atoms with E-state index in [0.29, 0.717) is 16.5 Å². The molecule has 4 aromatic rings. The van der Waals surface area contributed by atoms with Crippen LogP contribution >= 0.6 is 11.8 Å². The van der Waals surface area contributed by atoms with Gasteiger partial charge in [0, 0.05) is 18.3 Å². The topological polar surface area (TPSA) is 88.9 Å². The molecule has 0 aliphatic carbocycles. The zero-order valence-electron chi connectivity index (χ0n) is 17.8. The summed E-state index contributed by atoms with van der Waals surface area (Å²) >= 11 is 1.30. The summed E-state index contributed by atoms with van der Waals surface area (Å²) < 4.78 is 1.78. The molecule has 7 nitrogen and oxygen atoms in total. The number of rotatable bonds is 7. The van der Waals surface area contributed by atoms with Crippen LogP contribution in [-0.2, 0) is 18.4 Å². The molecule has 0 aliphatic heterocycles. The monoisotopic (exact) mass is 445 g/mol. The van der Waals surface area contributed by atoms with Crippen molar-refractivity contribution in [2.75, 3.05) is 11.1 Å². The second-order valence-corrected chi connectivity index (χ2v) is 8.30. The van der Waals surface area contributed by atoms with Crippen LogP contribution in [0.2, 0.25) is 0 Å². The van der Waals surface area contributed by atoms with Gasteiger partial charge >= 0.3 is 0 Å². The Kier molecular flexibility index (Phi) is 6.51. The van der Waals surface area contributed by atoms with E-state index in [1.807, 2.05) is 74.6 Å². The lowest BCUT2D eigenvalue weighted by Gasteiger charge is -2.08. The standard InChI is InChI=1S/C24H23N5O2S/c1-16-7-3-6-10-20(16)23(31)25-14-21-27-28-24(29(21)2)32-15-22(30)26-19-12-11-17-8-4-5-9-18(17)13-19/h3-13H,14-15H2,1-2H3,(H,25,31)(H,26,30). The molecule has 8 heteroatoms. The molecule has 0 spiro atoms. The van der Waals surface area contributed by atoms with Crippen LogP contribution in [-0.4, -0.2) is 32.3 Å². The molecule has 32 heavy (non-hydrogen) atoms. The summed E-state index contributed by atoms with van der Waals surface area (Å²) in [7, 11) is 1.82. The maximum absolute atomic E-state index is 12.4. The summed E-state index contributed by atoms with van der Waals surface area (Å²) in [4.78, 5) is 24.8. The number of anilines is 1. The molecule has 0 fully saturated rings. The van der Waals surface area contributed by atoms with E-state index in [-0.39, 0.29) is 24.1 Å². The Hall–Kier alpha value is -3.65. The molecule has 162 valence electrons. The van der Waals surface area contributed by atoms with Crippen molar-refractivity contribution in [3.8, 4) is 0 Å². The van der Waals surface area contributed by atoms with Gasteiger partial charge < -0.3 is 15.2 Å². The summed E-state index contributed by atoms with van der Waals surface area (Å²) in [5, 5.41) is 16.9. The minimum atomic E-state index is -0.157. The number of carbonyl (C=O) groups is 2. The van der Waals surface area contributed by atoms with Gasteiger partial charge in [-0.25, -0.2) is 0 Å². The number of nitrogens with zero attached hydrogens (tertiary/aromatic N) is 3. The van der Waals surface area contributed by atoms with Gasteiger partial charge in [-0.3, -0.25) is 9.59 Å². The van der Waals surface area contributed by atoms with Crippen LogP contribution in [0, 0.1) is 6.92 Å². The quantitative estimate of drug-likeness (QED) is 0.421. The predicted molar refractivity (Wildman–Crippen MR) is 127 cm³/mol. The van der Waals surface area contributed by atoms with E-state index in [4.69, 9.17) is 0 Å². The fourth-order valence-corrected chi connectivity index (χ4v) is 4.03. The Morgan fingerprint density at radius 2 is 1.72 bits per heavy atom. The molecular weight excluding hydrogens is 422 g/mol. The molecule has 0 atom stereocenters. The highest BCUT2D eigenvalue weighted by Crippen LogP contribution is 2.20. The summed E-state index contributed by atoms with van der Waals surface area (Å²) in [6, 6.07) is 21.3. The number of fused-ring (bicyclic) bond motifs is 1. The molecule has 0 saturated carbocycles. The normalized spacial score (nSPS) is 10.8. The van der Waals surface area contributed by atoms with E-state index < -0.39 is 0 Å². The van der Waals surface area contributed by atoms with Gasteiger partial charge in [0.25, 0.3) is 5.91 Å². The van der Waals surface area contributed by atoms with Crippen molar-refractivity contribution in [2.45, 2.75) is 18.6 Å². The first-order chi connectivity index (χ1) is 15.5. The number of carbonyl (C=O) groups excluding carboxylic acids is 2. The lowest BCUT2D eigenvalue weighted by Crippen LogP contribution is -2.25. The van der Waals surface area contributed by atoms with Crippen LogP contribution in [0.1, 0.15) is 21.7 Å². The third-order valence-corrected chi connectivity index (χ3v) is 6.11. The fourth-order valence-electron chi connectivity index (χ4n) is 3.30. The number of benzene rings is 3. The molecule has 2 amide bonds. The number of amides is 2. The molecule has 0 unspecified atom stereocenters. The van der Waals surface area contributed by atoms with Gasteiger partial charge in [0.2, 0.25) is 5.91 Å². The summed E-state index contributed by atoms with van der Waals surface area (Å²) in [6.07, 6.45) is 0. The molecule has 2 N–H and O–H groups in total. The first-order valence-electron chi connectivity index (χ1n) is 10.1. The van der Waals surface area contributed by atoms with Crippen molar-refractivity contribution in [3.05, 3.63) is 83.7 Å². The highest BCUT2D eigenvalue weighted by molar-refractivity contribution is 7.99. The van der Waals surface area contributed by atoms with E-state index in [9.17, 15) is 9.59 Å². The Morgan fingerprint density at radius 1 is 0.969 bits per heavy atom. The lowest BCUT2D eigenvalue weighted by atomic mass is 10.1. The highest BCUT2D eigenvalue weighted by atomic mass is 32.2. The fraction of sp³-hybridized carbons (Fsp3) is 0.167. The van der Waals surface area contributed by atoms with Crippen LogP contribution in [0.4, 0.5) is 5.69 Å². The largest absolute Gasteiger partial charge is 0.345 e. The molecule has 1 aromatic heterocycles. The maximum Gasteiger partial charge on any atom is 0.251 e. The SMILES string of the molecule is Cc1ccccc1C(=O)NCc1nnc(SCC(=O)Nc2ccc3ccccc3c2)n1C. The summed E-state index contributed by atoms with van der Waals surface area (Å²) in [5.41, 5.74) is 2.30. The van der Waals surface area contributed by atoms with Gasteiger partial charge in [0.05, 0.1) is 12.3 Å². The number of hydrogen-bond acceptors (Lipinski definition) is 5. The smallest absolute Gasteiger partial charge is 0.251 e. The van der Waals surface area contributed by atoms with Gasteiger partial charge in [-0.05, 0) is 41.5 Å². The first-order valence-corrected chi connectivity index (χ1v) is 11.1. The Labute approximate surface area is 190 Å². The number of nitrogens with one attached hydrogen (secondary N) is 2. The Bertz CT molecular complexity index is 1280. The van der Waals surface area contributed by atoms with Crippen LogP contribution in [0.3, 0.4) is 0 Å².